The Hall–Kier alpha value is -3.42. The van der Waals surface area contributed by atoms with Gasteiger partial charge in [-0.3, -0.25) is 10.2 Å². The molecule has 0 aliphatic carbocycles. The van der Waals surface area contributed by atoms with E-state index in [0.29, 0.717) is 15.2 Å². The van der Waals surface area contributed by atoms with E-state index in [0.717, 1.165) is 34.6 Å². The van der Waals surface area contributed by atoms with Crippen LogP contribution in [0.2, 0.25) is 5.02 Å². The monoisotopic (exact) mass is 487 g/mol. The van der Waals surface area contributed by atoms with Crippen LogP contribution >= 0.6 is 23.4 Å². The highest BCUT2D eigenvalue weighted by Gasteiger charge is 2.36. The number of hydrogen-bond donors (Lipinski definition) is 1. The molecule has 0 saturated heterocycles. The van der Waals surface area contributed by atoms with Gasteiger partial charge in [-0.05, 0) is 73.5 Å². The van der Waals surface area contributed by atoms with Crippen LogP contribution < -0.4 is 0 Å². The lowest BCUT2D eigenvalue weighted by molar-refractivity contribution is -0.114. The molecule has 2 aromatic carbocycles. The zero-order valence-corrected chi connectivity index (χ0v) is 20.5. The van der Waals surface area contributed by atoms with Crippen LogP contribution in [0.15, 0.2) is 70.3 Å². The number of aryl methyl sites for hydroxylation is 2. The van der Waals surface area contributed by atoms with Crippen LogP contribution in [0.5, 0.6) is 0 Å². The molecule has 2 aliphatic heterocycles. The van der Waals surface area contributed by atoms with Crippen molar-refractivity contribution >= 4 is 51.4 Å². The number of aromatic nitrogens is 1. The van der Waals surface area contributed by atoms with Crippen molar-refractivity contribution in [1.82, 2.24) is 9.58 Å². The molecule has 2 aliphatic rings. The molecule has 170 valence electrons. The normalized spacial score (nSPS) is 16.7. The fourth-order valence-electron chi connectivity index (χ4n) is 4.10. The molecule has 3 aromatic rings. The van der Waals surface area contributed by atoms with Gasteiger partial charge < -0.3 is 4.57 Å². The third-order valence-corrected chi connectivity index (χ3v) is 7.20. The summed E-state index contributed by atoms with van der Waals surface area (Å²) in [6.45, 7) is 6.18. The number of halogens is 1. The molecule has 0 saturated carbocycles. The Labute approximate surface area is 207 Å². The highest BCUT2D eigenvalue weighted by atomic mass is 35.5. The van der Waals surface area contributed by atoms with Crippen molar-refractivity contribution < 1.29 is 4.79 Å². The number of benzene rings is 2. The van der Waals surface area contributed by atoms with E-state index in [4.69, 9.17) is 17.0 Å². The van der Waals surface area contributed by atoms with Gasteiger partial charge in [-0.25, -0.2) is 0 Å². The summed E-state index contributed by atoms with van der Waals surface area (Å²) in [6.07, 6.45) is 2.72. The molecule has 6 nitrogen and oxygen atoms in total. The number of nitrogens with zero attached hydrogens (tertiary/aromatic N) is 4. The van der Waals surface area contributed by atoms with Gasteiger partial charge in [-0.2, -0.15) is 15.1 Å². The Balaban J connectivity index is 1.50. The molecular formula is C26H22ClN5OS. The van der Waals surface area contributed by atoms with E-state index in [2.05, 4.69) is 45.9 Å². The number of fused-ring (bicyclic) bond motifs is 1. The van der Waals surface area contributed by atoms with Gasteiger partial charge in [-0.15, -0.1) is 0 Å². The molecule has 8 heteroatoms. The molecule has 0 spiro atoms. The zero-order valence-electron chi connectivity index (χ0n) is 19.0. The quantitative estimate of drug-likeness (QED) is 0.460. The second kappa shape index (κ2) is 8.74. The zero-order chi connectivity index (χ0) is 24.0. The predicted molar refractivity (Wildman–Crippen MR) is 140 cm³/mol. The number of thioether (sulfide) groups is 1. The fourth-order valence-corrected chi connectivity index (χ4v) is 5.31. The van der Waals surface area contributed by atoms with Crippen molar-refractivity contribution in [2.45, 2.75) is 27.2 Å². The van der Waals surface area contributed by atoms with Gasteiger partial charge in [-0.1, -0.05) is 48.9 Å². The maximum Gasteiger partial charge on any atom is 0.283 e. The lowest BCUT2D eigenvalue weighted by atomic mass is 10.1. The van der Waals surface area contributed by atoms with Crippen LogP contribution in [-0.2, 0) is 11.2 Å². The smallest absolute Gasteiger partial charge is 0.283 e. The van der Waals surface area contributed by atoms with Crippen molar-refractivity contribution in [2.24, 2.45) is 10.1 Å². The van der Waals surface area contributed by atoms with E-state index in [1.54, 1.807) is 12.1 Å². The molecule has 0 radical (unpaired) electrons. The van der Waals surface area contributed by atoms with Gasteiger partial charge in [0.2, 0.25) is 5.17 Å². The predicted octanol–water partition coefficient (Wildman–Crippen LogP) is 5.98. The summed E-state index contributed by atoms with van der Waals surface area (Å²) in [5.41, 5.74) is 6.19. The second-order valence-corrected chi connectivity index (χ2v) is 9.45. The van der Waals surface area contributed by atoms with E-state index < -0.39 is 5.91 Å². The van der Waals surface area contributed by atoms with E-state index in [9.17, 15) is 4.79 Å². The molecule has 5 rings (SSSR count). The first-order valence-electron chi connectivity index (χ1n) is 10.9. The Kier molecular flexibility index (Phi) is 5.75. The standard InChI is InChI=1S/C26H22ClN5OS/c1-4-17-9-11-19(12-10-17)31-15(2)13-18(16(31)3)14-21-23(28)32-26(29-24(21)33)34-25(30-32)20-7-5-6-8-22(20)27/h5-14,28H,4H2,1-3H3/b21-14+,28-23?. The Morgan fingerprint density at radius 1 is 1.12 bits per heavy atom. The van der Waals surface area contributed by atoms with E-state index >= 15 is 0 Å². The van der Waals surface area contributed by atoms with Crippen molar-refractivity contribution in [3.8, 4) is 5.69 Å². The minimum atomic E-state index is -0.448. The fraction of sp³-hybridized carbons (Fsp3) is 0.154. The minimum Gasteiger partial charge on any atom is -0.318 e. The van der Waals surface area contributed by atoms with Crippen LogP contribution in [-0.4, -0.2) is 31.5 Å². The Bertz CT molecular complexity index is 1430. The van der Waals surface area contributed by atoms with E-state index in [1.165, 1.54) is 22.3 Å². The Morgan fingerprint density at radius 3 is 2.56 bits per heavy atom. The van der Waals surface area contributed by atoms with Crippen LogP contribution in [0.4, 0.5) is 0 Å². The lowest BCUT2D eigenvalue weighted by Gasteiger charge is -2.20. The van der Waals surface area contributed by atoms with Gasteiger partial charge in [0.15, 0.2) is 5.84 Å². The molecule has 0 fully saturated rings. The molecule has 1 aromatic heterocycles. The summed E-state index contributed by atoms with van der Waals surface area (Å²) >= 11 is 7.55. The number of aliphatic imine (C=N–C) groups is 1. The molecule has 1 amide bonds. The van der Waals surface area contributed by atoms with E-state index in [-0.39, 0.29) is 11.4 Å². The summed E-state index contributed by atoms with van der Waals surface area (Å²) in [5, 5.41) is 16.2. The first kappa shape index (κ1) is 22.4. The molecular weight excluding hydrogens is 466 g/mol. The first-order valence-corrected chi connectivity index (χ1v) is 12.1. The number of amides is 1. The van der Waals surface area contributed by atoms with Crippen molar-refractivity contribution in [3.63, 3.8) is 0 Å². The van der Waals surface area contributed by atoms with Crippen LogP contribution in [0, 0.1) is 19.3 Å². The first-order chi connectivity index (χ1) is 16.4. The third-order valence-electron chi connectivity index (χ3n) is 5.93. The summed E-state index contributed by atoms with van der Waals surface area (Å²) in [4.78, 5) is 17.1. The van der Waals surface area contributed by atoms with Crippen LogP contribution in [0.3, 0.4) is 0 Å². The highest BCUT2D eigenvalue weighted by molar-refractivity contribution is 8.27. The van der Waals surface area contributed by atoms with Crippen molar-refractivity contribution in [1.29, 1.82) is 5.41 Å². The molecule has 0 bridgehead atoms. The lowest BCUT2D eigenvalue weighted by Crippen LogP contribution is -2.35. The van der Waals surface area contributed by atoms with Crippen molar-refractivity contribution in [3.05, 3.63) is 93.3 Å². The molecule has 0 unspecified atom stereocenters. The number of hydrazone groups is 1. The number of carbonyl (C=O) groups is 1. The number of hydrogen-bond acceptors (Lipinski definition) is 4. The van der Waals surface area contributed by atoms with Gasteiger partial charge in [0.25, 0.3) is 5.91 Å². The number of carbonyl (C=O) groups excluding carboxylic acids is 1. The van der Waals surface area contributed by atoms with Gasteiger partial charge >= 0.3 is 0 Å². The minimum absolute atomic E-state index is 0.00153. The average Bonchev–Trinajstić information content (AvgIpc) is 3.37. The van der Waals surface area contributed by atoms with Gasteiger partial charge in [0.1, 0.15) is 5.04 Å². The van der Waals surface area contributed by atoms with Crippen LogP contribution in [0.25, 0.3) is 11.8 Å². The maximum atomic E-state index is 12.9. The number of amidine groups is 2. The molecule has 0 atom stereocenters. The largest absolute Gasteiger partial charge is 0.318 e. The van der Waals surface area contributed by atoms with Crippen LogP contribution in [0.1, 0.15) is 35.0 Å². The maximum absolute atomic E-state index is 12.9. The second-order valence-electron chi connectivity index (χ2n) is 8.09. The third kappa shape index (κ3) is 3.81. The molecule has 3 heterocycles. The number of nitrogens with one attached hydrogen (secondary N) is 1. The van der Waals surface area contributed by atoms with Gasteiger partial charge in [0.05, 0.1) is 10.6 Å². The summed E-state index contributed by atoms with van der Waals surface area (Å²) in [6, 6.07) is 17.8. The summed E-state index contributed by atoms with van der Waals surface area (Å²) in [7, 11) is 0. The molecule has 1 N–H and O–H groups in total. The highest BCUT2D eigenvalue weighted by Crippen LogP contribution is 2.33. The number of rotatable bonds is 4. The van der Waals surface area contributed by atoms with Crippen molar-refractivity contribution in [2.75, 3.05) is 0 Å². The van der Waals surface area contributed by atoms with E-state index in [1.807, 2.05) is 38.1 Å². The average molecular weight is 488 g/mol. The summed E-state index contributed by atoms with van der Waals surface area (Å²) in [5.74, 6) is -0.446. The topological polar surface area (TPSA) is 73.8 Å². The Morgan fingerprint density at radius 2 is 1.85 bits per heavy atom. The molecule has 34 heavy (non-hydrogen) atoms. The SMILES string of the molecule is CCc1ccc(-n2c(C)cc(/C=C3\C(=N)N4N=C(c5ccccc5Cl)SC4=NC3=O)c2C)cc1. The summed E-state index contributed by atoms with van der Waals surface area (Å²) < 4.78 is 2.15. The van der Waals surface area contributed by atoms with Gasteiger partial charge in [0, 0.05) is 22.6 Å².